The Morgan fingerprint density at radius 1 is 1.32 bits per heavy atom. The molecular formula is C13H19N3O3. The lowest BCUT2D eigenvalue weighted by Gasteiger charge is -2.11. The first-order valence-electron chi connectivity index (χ1n) is 6.00. The fourth-order valence-corrected chi connectivity index (χ4v) is 1.69. The molecule has 1 aromatic rings. The van der Waals surface area contributed by atoms with Gasteiger partial charge in [0.1, 0.15) is 6.04 Å². The zero-order valence-electron chi connectivity index (χ0n) is 11.1. The van der Waals surface area contributed by atoms with Crippen LogP contribution in [0, 0.1) is 0 Å². The van der Waals surface area contributed by atoms with Crippen molar-refractivity contribution in [3.05, 3.63) is 23.8 Å². The van der Waals surface area contributed by atoms with Crippen LogP contribution < -0.4 is 16.4 Å². The van der Waals surface area contributed by atoms with E-state index in [0.717, 1.165) is 5.69 Å². The quantitative estimate of drug-likeness (QED) is 0.551. The number of nitrogens with two attached hydrogens (primary N) is 1. The second-order valence-corrected chi connectivity index (χ2v) is 4.17. The summed E-state index contributed by atoms with van der Waals surface area (Å²) >= 11 is 0. The Morgan fingerprint density at radius 2 is 2.00 bits per heavy atom. The van der Waals surface area contributed by atoms with Gasteiger partial charge in [-0.3, -0.25) is 9.59 Å². The second-order valence-electron chi connectivity index (χ2n) is 4.17. The zero-order chi connectivity index (χ0) is 14.4. The third-order valence-electron chi connectivity index (χ3n) is 2.88. The van der Waals surface area contributed by atoms with E-state index < -0.39 is 12.0 Å². The second kappa shape index (κ2) is 6.75. The van der Waals surface area contributed by atoms with Crippen LogP contribution in [-0.4, -0.2) is 37.0 Å². The molecule has 0 spiro atoms. The van der Waals surface area contributed by atoms with Crippen LogP contribution in [0.2, 0.25) is 0 Å². The molecule has 0 fully saturated rings. The minimum Gasteiger partial charge on any atom is -0.480 e. The molecule has 104 valence electrons. The van der Waals surface area contributed by atoms with Gasteiger partial charge in [0.25, 0.3) is 0 Å². The third kappa shape index (κ3) is 3.96. The lowest BCUT2D eigenvalue weighted by atomic mass is 10.0. The van der Waals surface area contributed by atoms with E-state index >= 15 is 0 Å². The van der Waals surface area contributed by atoms with Crippen molar-refractivity contribution < 1.29 is 14.7 Å². The van der Waals surface area contributed by atoms with E-state index in [0.29, 0.717) is 11.3 Å². The maximum atomic E-state index is 12.0. The number of hydrogen-bond donors (Lipinski definition) is 4. The molecule has 1 atom stereocenters. The Morgan fingerprint density at radius 3 is 2.53 bits per heavy atom. The Kier molecular flexibility index (Phi) is 5.32. The van der Waals surface area contributed by atoms with Crippen LogP contribution in [0.4, 0.5) is 11.4 Å². The SMILES string of the molecule is CNc1ccc(C(=O)CCC(N)C(=O)O)c(NC)c1. The van der Waals surface area contributed by atoms with Crippen molar-refractivity contribution in [2.24, 2.45) is 5.73 Å². The molecule has 0 aliphatic heterocycles. The summed E-state index contributed by atoms with van der Waals surface area (Å²) in [7, 11) is 3.52. The first-order chi connectivity index (χ1) is 8.99. The molecule has 0 amide bonds. The van der Waals surface area contributed by atoms with Gasteiger partial charge in [0.2, 0.25) is 0 Å². The van der Waals surface area contributed by atoms with E-state index in [1.54, 1.807) is 26.2 Å². The summed E-state index contributed by atoms with van der Waals surface area (Å²) in [6.45, 7) is 0. The number of carbonyl (C=O) groups is 2. The van der Waals surface area contributed by atoms with E-state index in [2.05, 4.69) is 10.6 Å². The van der Waals surface area contributed by atoms with E-state index in [1.165, 1.54) is 0 Å². The molecule has 0 heterocycles. The Labute approximate surface area is 112 Å². The van der Waals surface area contributed by atoms with Crippen LogP contribution in [0.1, 0.15) is 23.2 Å². The average molecular weight is 265 g/mol. The van der Waals surface area contributed by atoms with Crippen molar-refractivity contribution >= 4 is 23.1 Å². The number of benzene rings is 1. The monoisotopic (exact) mass is 265 g/mol. The van der Waals surface area contributed by atoms with Gasteiger partial charge in [-0.1, -0.05) is 0 Å². The van der Waals surface area contributed by atoms with Crippen molar-refractivity contribution in [2.45, 2.75) is 18.9 Å². The Balaban J connectivity index is 2.79. The predicted octanol–water partition coefficient (Wildman–Crippen LogP) is 1.14. The smallest absolute Gasteiger partial charge is 0.320 e. The van der Waals surface area contributed by atoms with Gasteiger partial charge in [-0.15, -0.1) is 0 Å². The van der Waals surface area contributed by atoms with Crippen molar-refractivity contribution in [1.82, 2.24) is 0 Å². The summed E-state index contributed by atoms with van der Waals surface area (Å²) in [5.41, 5.74) is 7.52. The molecule has 6 nitrogen and oxygen atoms in total. The first-order valence-corrected chi connectivity index (χ1v) is 6.00. The number of aliphatic carboxylic acids is 1. The van der Waals surface area contributed by atoms with E-state index in [4.69, 9.17) is 10.8 Å². The molecule has 0 saturated carbocycles. The number of rotatable bonds is 7. The summed E-state index contributed by atoms with van der Waals surface area (Å²) in [5, 5.41) is 14.6. The highest BCUT2D eigenvalue weighted by molar-refractivity contribution is 6.02. The number of hydrogen-bond acceptors (Lipinski definition) is 5. The van der Waals surface area contributed by atoms with Gasteiger partial charge in [0.05, 0.1) is 0 Å². The average Bonchev–Trinajstić information content (AvgIpc) is 2.43. The van der Waals surface area contributed by atoms with E-state index in [1.807, 2.05) is 6.07 Å². The fourth-order valence-electron chi connectivity index (χ4n) is 1.69. The van der Waals surface area contributed by atoms with Gasteiger partial charge in [-0.05, 0) is 24.6 Å². The largest absolute Gasteiger partial charge is 0.480 e. The number of carbonyl (C=O) groups excluding carboxylic acids is 1. The van der Waals surface area contributed by atoms with Crippen LogP contribution in [0.3, 0.4) is 0 Å². The minimum atomic E-state index is -1.09. The molecule has 1 rings (SSSR count). The van der Waals surface area contributed by atoms with Gasteiger partial charge >= 0.3 is 5.97 Å². The van der Waals surface area contributed by atoms with Crippen molar-refractivity contribution in [3.63, 3.8) is 0 Å². The molecule has 5 N–H and O–H groups in total. The molecule has 0 aliphatic carbocycles. The first kappa shape index (κ1) is 15.0. The molecular weight excluding hydrogens is 246 g/mol. The standard InChI is InChI=1S/C13H19N3O3/c1-15-8-3-4-9(11(7-8)16-2)12(17)6-5-10(14)13(18)19/h3-4,7,10,15-16H,5-6,14H2,1-2H3,(H,18,19). The predicted molar refractivity (Wildman–Crippen MR) is 74.7 cm³/mol. The maximum absolute atomic E-state index is 12.0. The summed E-state index contributed by atoms with van der Waals surface area (Å²) in [6.07, 6.45) is 0.242. The number of ketones is 1. The Bertz CT molecular complexity index is 474. The normalized spacial score (nSPS) is 11.7. The van der Waals surface area contributed by atoms with Crippen LogP contribution in [0.15, 0.2) is 18.2 Å². The molecule has 19 heavy (non-hydrogen) atoms. The third-order valence-corrected chi connectivity index (χ3v) is 2.88. The number of nitrogens with one attached hydrogen (secondary N) is 2. The summed E-state index contributed by atoms with van der Waals surface area (Å²) in [6, 6.07) is 4.33. The molecule has 0 bridgehead atoms. The molecule has 1 aromatic carbocycles. The molecule has 0 radical (unpaired) electrons. The van der Waals surface area contributed by atoms with Crippen molar-refractivity contribution in [2.75, 3.05) is 24.7 Å². The lowest BCUT2D eigenvalue weighted by Crippen LogP contribution is -2.30. The van der Waals surface area contributed by atoms with Gasteiger partial charge in [-0.25, -0.2) is 0 Å². The highest BCUT2D eigenvalue weighted by Gasteiger charge is 2.16. The maximum Gasteiger partial charge on any atom is 0.320 e. The molecule has 6 heteroatoms. The van der Waals surface area contributed by atoms with Gasteiger partial charge in [0, 0.05) is 37.5 Å². The summed E-state index contributed by atoms with van der Waals surface area (Å²) < 4.78 is 0. The van der Waals surface area contributed by atoms with Gasteiger partial charge < -0.3 is 21.5 Å². The number of carboxylic acids is 1. The van der Waals surface area contributed by atoms with E-state index in [9.17, 15) is 9.59 Å². The minimum absolute atomic E-state index is 0.112. The number of carboxylic acid groups (broad SMARTS) is 1. The fraction of sp³-hybridized carbons (Fsp3) is 0.385. The topological polar surface area (TPSA) is 104 Å². The zero-order valence-corrected chi connectivity index (χ0v) is 11.1. The van der Waals surface area contributed by atoms with Crippen LogP contribution in [-0.2, 0) is 4.79 Å². The van der Waals surface area contributed by atoms with Crippen molar-refractivity contribution in [3.8, 4) is 0 Å². The number of anilines is 2. The molecule has 0 aliphatic rings. The molecule has 0 aromatic heterocycles. The van der Waals surface area contributed by atoms with Gasteiger partial charge in [-0.2, -0.15) is 0 Å². The van der Waals surface area contributed by atoms with E-state index in [-0.39, 0.29) is 18.6 Å². The van der Waals surface area contributed by atoms with Gasteiger partial charge in [0.15, 0.2) is 5.78 Å². The van der Waals surface area contributed by atoms with Crippen LogP contribution in [0.5, 0.6) is 0 Å². The number of Topliss-reactive ketones (excluding diaryl/α,β-unsaturated/α-hetero) is 1. The van der Waals surface area contributed by atoms with Crippen molar-refractivity contribution in [1.29, 1.82) is 0 Å². The summed E-state index contributed by atoms with van der Waals surface area (Å²) in [5.74, 6) is -1.21. The highest BCUT2D eigenvalue weighted by atomic mass is 16.4. The van der Waals surface area contributed by atoms with Crippen LogP contribution in [0.25, 0.3) is 0 Å². The molecule has 0 saturated heterocycles. The molecule has 1 unspecified atom stereocenters. The lowest BCUT2D eigenvalue weighted by molar-refractivity contribution is -0.138. The summed E-state index contributed by atoms with van der Waals surface area (Å²) in [4.78, 5) is 22.6. The highest BCUT2D eigenvalue weighted by Crippen LogP contribution is 2.22. The Hall–Kier alpha value is -2.08. The van der Waals surface area contributed by atoms with Crippen LogP contribution >= 0.6 is 0 Å².